The third-order valence-corrected chi connectivity index (χ3v) is 5.05. The summed E-state index contributed by atoms with van der Waals surface area (Å²) in [6, 6.07) is 5.25. The Balaban J connectivity index is 1.42. The van der Waals surface area contributed by atoms with Crippen LogP contribution in [0.2, 0.25) is 0 Å². The van der Waals surface area contributed by atoms with E-state index in [4.69, 9.17) is 4.74 Å². The molecule has 0 spiro atoms. The second-order valence-corrected chi connectivity index (χ2v) is 7.41. The van der Waals surface area contributed by atoms with Crippen LogP contribution in [0.5, 0.6) is 0 Å². The Morgan fingerprint density at radius 1 is 1.29 bits per heavy atom. The molecule has 1 fully saturated rings. The zero-order chi connectivity index (χ0) is 21.4. The average molecular weight is 423 g/mol. The van der Waals surface area contributed by atoms with Crippen molar-refractivity contribution in [2.24, 2.45) is 0 Å². The highest BCUT2D eigenvalue weighted by molar-refractivity contribution is 5.90. The Labute approximate surface area is 175 Å². The molecule has 4 aromatic heterocycles. The molecule has 0 bridgehead atoms. The molecule has 160 valence electrons. The second-order valence-electron chi connectivity index (χ2n) is 7.41. The highest BCUT2D eigenvalue weighted by Crippen LogP contribution is 2.39. The highest BCUT2D eigenvalue weighted by atomic mass is 16.5. The van der Waals surface area contributed by atoms with Crippen LogP contribution in [0.3, 0.4) is 0 Å². The molecule has 0 saturated heterocycles. The largest absolute Gasteiger partial charge is 0.383 e. The molecule has 12 nitrogen and oxygen atoms in total. The van der Waals surface area contributed by atoms with E-state index in [1.54, 1.807) is 42.2 Å². The van der Waals surface area contributed by atoms with Crippen molar-refractivity contribution in [3.8, 4) is 0 Å². The number of methoxy groups -OCH3 is 1. The van der Waals surface area contributed by atoms with Crippen molar-refractivity contribution in [2.45, 2.75) is 25.3 Å². The number of pyridine rings is 1. The summed E-state index contributed by atoms with van der Waals surface area (Å²) < 4.78 is 9.43. The number of rotatable bonds is 8. The summed E-state index contributed by atoms with van der Waals surface area (Å²) in [6.07, 6.45) is 5.37. The summed E-state index contributed by atoms with van der Waals surface area (Å²) in [4.78, 5) is 25.6. The van der Waals surface area contributed by atoms with E-state index in [-0.39, 0.29) is 18.0 Å². The van der Waals surface area contributed by atoms with Gasteiger partial charge in [0.05, 0.1) is 18.0 Å². The van der Waals surface area contributed by atoms with E-state index in [0.717, 1.165) is 23.2 Å². The minimum atomic E-state index is -0.379. The smallest absolute Gasteiger partial charge is 0.293 e. The van der Waals surface area contributed by atoms with E-state index in [1.807, 2.05) is 0 Å². The third-order valence-electron chi connectivity index (χ3n) is 5.05. The molecule has 0 aromatic carbocycles. The summed E-state index contributed by atoms with van der Waals surface area (Å²) in [5, 5.41) is 22.5. The van der Waals surface area contributed by atoms with Crippen LogP contribution in [-0.2, 0) is 16.1 Å². The van der Waals surface area contributed by atoms with Gasteiger partial charge in [-0.1, -0.05) is 0 Å². The second kappa shape index (κ2) is 7.80. The molecular weight excluding hydrogens is 402 g/mol. The molecule has 12 heteroatoms. The zero-order valence-electron chi connectivity index (χ0n) is 16.9. The van der Waals surface area contributed by atoms with Gasteiger partial charge in [0, 0.05) is 25.8 Å². The quantitative estimate of drug-likeness (QED) is 0.392. The number of amides is 1. The molecule has 0 radical (unpaired) electrons. The predicted molar refractivity (Wildman–Crippen MR) is 111 cm³/mol. The number of hydrogen-bond acceptors (Lipinski definition) is 8. The van der Waals surface area contributed by atoms with Crippen LogP contribution >= 0.6 is 0 Å². The Bertz CT molecular complexity index is 1320. The fourth-order valence-electron chi connectivity index (χ4n) is 3.35. The Hall–Kier alpha value is -3.80. The van der Waals surface area contributed by atoms with Gasteiger partial charge in [0.2, 0.25) is 11.9 Å². The van der Waals surface area contributed by atoms with E-state index in [1.165, 1.54) is 4.52 Å². The van der Waals surface area contributed by atoms with Gasteiger partial charge in [0.15, 0.2) is 5.65 Å². The average Bonchev–Trinajstić information content (AvgIpc) is 3.33. The maximum Gasteiger partial charge on any atom is 0.293 e. The molecule has 2 N–H and O–H groups in total. The van der Waals surface area contributed by atoms with E-state index >= 15 is 0 Å². The lowest BCUT2D eigenvalue weighted by molar-refractivity contribution is -0.117. The van der Waals surface area contributed by atoms with Crippen LogP contribution in [0.25, 0.3) is 11.2 Å². The molecule has 0 atom stereocenters. The Morgan fingerprint density at radius 2 is 2.16 bits per heavy atom. The lowest BCUT2D eigenvalue weighted by Crippen LogP contribution is -2.32. The summed E-state index contributed by atoms with van der Waals surface area (Å²) in [5.74, 6) is 0.392. The van der Waals surface area contributed by atoms with E-state index in [9.17, 15) is 9.59 Å². The van der Waals surface area contributed by atoms with Crippen molar-refractivity contribution in [3.05, 3.63) is 46.8 Å². The van der Waals surface area contributed by atoms with Gasteiger partial charge in [-0.25, -0.2) is 4.68 Å². The zero-order valence-corrected chi connectivity index (χ0v) is 16.9. The molecular formula is C19H21N9O3. The van der Waals surface area contributed by atoms with Crippen molar-refractivity contribution in [1.29, 1.82) is 0 Å². The maximum absolute atomic E-state index is 13.0. The predicted octanol–water partition coefficient (Wildman–Crippen LogP) is 0.508. The van der Waals surface area contributed by atoms with Crippen molar-refractivity contribution >= 4 is 28.7 Å². The van der Waals surface area contributed by atoms with Crippen LogP contribution < -0.4 is 16.2 Å². The number of nitrogens with one attached hydrogen (secondary N) is 2. The molecule has 1 amide bonds. The summed E-state index contributed by atoms with van der Waals surface area (Å²) in [6.45, 7) is 0.712. The number of aromatic nitrogens is 7. The first-order valence-corrected chi connectivity index (χ1v) is 9.95. The fourth-order valence-corrected chi connectivity index (χ4v) is 3.35. The summed E-state index contributed by atoms with van der Waals surface area (Å²) in [7, 11) is 1.60. The number of fused-ring (bicyclic) bond motifs is 2. The van der Waals surface area contributed by atoms with Crippen LogP contribution in [0.15, 0.2) is 35.5 Å². The SMILES string of the molecule is COCCNc1nn(CC(=O)Nc2ccc3nncn3c2)c(=O)c2cc(C3CC3)nn12. The van der Waals surface area contributed by atoms with E-state index < -0.39 is 0 Å². The van der Waals surface area contributed by atoms with Crippen molar-refractivity contribution in [2.75, 3.05) is 30.9 Å². The number of carbonyl (C=O) groups is 1. The minimum Gasteiger partial charge on any atom is -0.383 e. The molecule has 4 heterocycles. The molecule has 1 aliphatic rings. The van der Waals surface area contributed by atoms with Gasteiger partial charge in [0.25, 0.3) is 5.56 Å². The topological polar surface area (TPSA) is 133 Å². The minimum absolute atomic E-state index is 0.238. The van der Waals surface area contributed by atoms with Gasteiger partial charge in [-0.2, -0.15) is 9.61 Å². The van der Waals surface area contributed by atoms with Crippen LogP contribution in [0.4, 0.5) is 11.6 Å². The third kappa shape index (κ3) is 3.84. The number of hydrogen-bond donors (Lipinski definition) is 2. The monoisotopic (exact) mass is 423 g/mol. The molecule has 1 aliphatic carbocycles. The molecule has 4 aromatic rings. The van der Waals surface area contributed by atoms with Crippen molar-refractivity contribution in [1.82, 2.24) is 34.0 Å². The first kappa shape index (κ1) is 19.2. The van der Waals surface area contributed by atoms with E-state index in [2.05, 4.69) is 31.0 Å². The lowest BCUT2D eigenvalue weighted by Gasteiger charge is -2.11. The van der Waals surface area contributed by atoms with Crippen LogP contribution in [0, 0.1) is 0 Å². The first-order chi connectivity index (χ1) is 15.1. The first-order valence-electron chi connectivity index (χ1n) is 9.95. The number of anilines is 2. The molecule has 0 unspecified atom stereocenters. The van der Waals surface area contributed by atoms with Gasteiger partial charge in [0.1, 0.15) is 18.4 Å². The standard InChI is InChI=1S/C19H21N9O3/c1-31-7-6-20-19-25-27(18(30)15-8-14(12-2-3-12)24-28(15)19)10-17(29)22-13-4-5-16-23-21-11-26(16)9-13/h4-5,8-9,11-12H,2-3,6-7,10H2,1H3,(H,20,25)(H,22,29). The van der Waals surface area contributed by atoms with Gasteiger partial charge < -0.3 is 15.4 Å². The van der Waals surface area contributed by atoms with Gasteiger partial charge >= 0.3 is 0 Å². The van der Waals surface area contributed by atoms with Gasteiger partial charge in [-0.3, -0.25) is 14.0 Å². The number of ether oxygens (including phenoxy) is 1. The van der Waals surface area contributed by atoms with Crippen LogP contribution in [-0.4, -0.2) is 60.2 Å². The number of nitrogens with zero attached hydrogens (tertiary/aromatic N) is 7. The van der Waals surface area contributed by atoms with Crippen LogP contribution in [0.1, 0.15) is 24.5 Å². The molecule has 31 heavy (non-hydrogen) atoms. The normalized spacial score (nSPS) is 13.7. The molecule has 0 aliphatic heterocycles. The molecule has 1 saturated carbocycles. The number of carbonyl (C=O) groups excluding carboxylic acids is 1. The summed E-state index contributed by atoms with van der Waals surface area (Å²) >= 11 is 0. The fraction of sp³-hybridized carbons (Fsp3) is 0.368. The maximum atomic E-state index is 13.0. The summed E-state index contributed by atoms with van der Waals surface area (Å²) in [5.41, 5.74) is 2.11. The van der Waals surface area contributed by atoms with Gasteiger partial charge in [-0.15, -0.1) is 15.3 Å². The van der Waals surface area contributed by atoms with Gasteiger partial charge in [-0.05, 0) is 31.0 Å². The Kier molecular flexibility index (Phi) is 4.82. The Morgan fingerprint density at radius 3 is 2.97 bits per heavy atom. The molecule has 5 rings (SSSR count). The highest BCUT2D eigenvalue weighted by Gasteiger charge is 2.28. The lowest BCUT2D eigenvalue weighted by atomic mass is 10.3. The van der Waals surface area contributed by atoms with E-state index in [0.29, 0.717) is 41.9 Å². The van der Waals surface area contributed by atoms with Crippen molar-refractivity contribution < 1.29 is 9.53 Å². The van der Waals surface area contributed by atoms with Crippen molar-refractivity contribution in [3.63, 3.8) is 0 Å².